The second-order valence-electron chi connectivity index (χ2n) is 6.23. The molecule has 0 saturated heterocycles. The highest BCUT2D eigenvalue weighted by atomic mass is 32.2. The second-order valence-corrected chi connectivity index (χ2v) is 7.94. The summed E-state index contributed by atoms with van der Waals surface area (Å²) in [6.45, 7) is 5.92. The van der Waals surface area contributed by atoms with Crippen LogP contribution in [0, 0.1) is 20.8 Å². The van der Waals surface area contributed by atoms with E-state index >= 15 is 0 Å². The lowest BCUT2D eigenvalue weighted by molar-refractivity contribution is 0.580. The molecule has 0 unspecified atom stereocenters. The normalized spacial score (nSPS) is 11.8. The number of aryl methyl sites for hydroxylation is 3. The molecule has 1 N–H and O–H groups in total. The fraction of sp³-hybridized carbons (Fsp3) is 0.200. The number of sulfonamides is 1. The maximum absolute atomic E-state index is 12.7. The highest BCUT2D eigenvalue weighted by molar-refractivity contribution is 7.89. The molecule has 4 heteroatoms. The number of hydrogen-bond acceptors (Lipinski definition) is 2. The van der Waals surface area contributed by atoms with Gasteiger partial charge in [-0.3, -0.25) is 0 Å². The van der Waals surface area contributed by atoms with Gasteiger partial charge in [-0.2, -0.15) is 0 Å². The van der Waals surface area contributed by atoms with Crippen LogP contribution < -0.4 is 4.72 Å². The third-order valence-electron chi connectivity index (χ3n) is 4.15. The van der Waals surface area contributed by atoms with Crippen LogP contribution in [0.5, 0.6) is 0 Å². The van der Waals surface area contributed by atoms with Crippen molar-refractivity contribution in [2.45, 2.75) is 32.2 Å². The van der Waals surface area contributed by atoms with Crippen LogP contribution in [-0.2, 0) is 16.6 Å². The van der Waals surface area contributed by atoms with Crippen molar-refractivity contribution in [3.05, 3.63) is 76.9 Å². The molecule has 3 aromatic rings. The average molecular weight is 339 g/mol. The van der Waals surface area contributed by atoms with Crippen LogP contribution in [0.4, 0.5) is 0 Å². The number of nitrogens with one attached hydrogen (secondary N) is 1. The van der Waals surface area contributed by atoms with Crippen LogP contribution in [-0.4, -0.2) is 8.42 Å². The highest BCUT2D eigenvalue weighted by Crippen LogP contribution is 2.22. The molecule has 0 bridgehead atoms. The summed E-state index contributed by atoms with van der Waals surface area (Å²) in [5.74, 6) is 0. The van der Waals surface area contributed by atoms with Crippen LogP contribution in [0.3, 0.4) is 0 Å². The van der Waals surface area contributed by atoms with Crippen molar-refractivity contribution in [1.82, 2.24) is 4.72 Å². The van der Waals surface area contributed by atoms with Crippen LogP contribution in [0.25, 0.3) is 10.8 Å². The first-order chi connectivity index (χ1) is 11.4. The average Bonchev–Trinajstić information content (AvgIpc) is 2.51. The van der Waals surface area contributed by atoms with Gasteiger partial charge in [-0.1, -0.05) is 54.1 Å². The molecule has 0 amide bonds. The smallest absolute Gasteiger partial charge is 0.207 e. The van der Waals surface area contributed by atoms with E-state index in [0.717, 1.165) is 33.0 Å². The lowest BCUT2D eigenvalue weighted by Gasteiger charge is -2.13. The van der Waals surface area contributed by atoms with E-state index in [-0.39, 0.29) is 6.54 Å². The van der Waals surface area contributed by atoms with Gasteiger partial charge >= 0.3 is 0 Å². The van der Waals surface area contributed by atoms with E-state index < -0.39 is 10.0 Å². The Hall–Kier alpha value is -2.17. The van der Waals surface area contributed by atoms with E-state index in [2.05, 4.69) is 4.72 Å². The Morgan fingerprint density at radius 3 is 2.12 bits per heavy atom. The first kappa shape index (κ1) is 16.7. The van der Waals surface area contributed by atoms with E-state index in [1.54, 1.807) is 0 Å². The van der Waals surface area contributed by atoms with Crippen molar-refractivity contribution in [3.63, 3.8) is 0 Å². The molecule has 0 radical (unpaired) electrons. The Labute approximate surface area is 143 Å². The molecule has 124 valence electrons. The summed E-state index contributed by atoms with van der Waals surface area (Å²) in [5, 5.41) is 2.26. The molecule has 0 atom stereocenters. The standard InChI is InChI=1S/C20H21NO2S/c1-14-10-15(2)20(16(3)11-14)24(22,23)21-13-17-8-9-18-6-4-5-7-19(18)12-17/h4-12,21H,13H2,1-3H3. The van der Waals surface area contributed by atoms with Crippen molar-refractivity contribution in [2.75, 3.05) is 0 Å². The van der Waals surface area contributed by atoms with E-state index in [1.165, 1.54) is 0 Å². The molecule has 0 aliphatic heterocycles. The molecule has 0 saturated carbocycles. The van der Waals surface area contributed by atoms with Gasteiger partial charge in [0.15, 0.2) is 0 Å². The van der Waals surface area contributed by atoms with Crippen molar-refractivity contribution in [2.24, 2.45) is 0 Å². The maximum Gasteiger partial charge on any atom is 0.241 e. The van der Waals surface area contributed by atoms with Crippen molar-refractivity contribution < 1.29 is 8.42 Å². The van der Waals surface area contributed by atoms with Crippen molar-refractivity contribution >= 4 is 20.8 Å². The van der Waals surface area contributed by atoms with E-state index in [0.29, 0.717) is 4.90 Å². The predicted octanol–water partition coefficient (Wildman–Crippen LogP) is 4.24. The largest absolute Gasteiger partial charge is 0.241 e. The Kier molecular flexibility index (Phi) is 4.43. The minimum Gasteiger partial charge on any atom is -0.207 e. The van der Waals surface area contributed by atoms with Crippen molar-refractivity contribution in [1.29, 1.82) is 0 Å². The number of rotatable bonds is 4. The predicted molar refractivity (Wildman–Crippen MR) is 98.6 cm³/mol. The van der Waals surface area contributed by atoms with Gasteiger partial charge in [-0.25, -0.2) is 13.1 Å². The number of hydrogen-bond donors (Lipinski definition) is 1. The van der Waals surface area contributed by atoms with Gasteiger partial charge in [-0.05, 0) is 54.3 Å². The number of benzene rings is 3. The van der Waals surface area contributed by atoms with Gasteiger partial charge in [-0.15, -0.1) is 0 Å². The van der Waals surface area contributed by atoms with Gasteiger partial charge in [0.25, 0.3) is 0 Å². The summed E-state index contributed by atoms with van der Waals surface area (Å²) < 4.78 is 28.2. The van der Waals surface area contributed by atoms with E-state index in [4.69, 9.17) is 0 Å². The van der Waals surface area contributed by atoms with Gasteiger partial charge < -0.3 is 0 Å². The minimum atomic E-state index is -3.54. The molecule has 3 nitrogen and oxygen atoms in total. The fourth-order valence-corrected chi connectivity index (χ4v) is 4.66. The molecule has 24 heavy (non-hydrogen) atoms. The third-order valence-corrected chi connectivity index (χ3v) is 5.86. The summed E-state index contributed by atoms with van der Waals surface area (Å²) in [6, 6.07) is 17.8. The summed E-state index contributed by atoms with van der Waals surface area (Å²) in [6.07, 6.45) is 0. The van der Waals surface area contributed by atoms with Gasteiger partial charge in [0.2, 0.25) is 10.0 Å². The first-order valence-corrected chi connectivity index (χ1v) is 9.40. The van der Waals surface area contributed by atoms with Crippen LogP contribution in [0.2, 0.25) is 0 Å². The Bertz CT molecular complexity index is 984. The van der Waals surface area contributed by atoms with E-state index in [9.17, 15) is 8.42 Å². The Morgan fingerprint density at radius 1 is 0.833 bits per heavy atom. The molecule has 3 rings (SSSR count). The lowest BCUT2D eigenvalue weighted by atomic mass is 10.1. The maximum atomic E-state index is 12.7. The monoisotopic (exact) mass is 339 g/mol. The Balaban J connectivity index is 1.87. The summed E-state index contributed by atoms with van der Waals surface area (Å²) in [5.41, 5.74) is 3.56. The zero-order chi connectivity index (χ0) is 17.3. The number of fused-ring (bicyclic) bond motifs is 1. The van der Waals surface area contributed by atoms with Crippen molar-refractivity contribution in [3.8, 4) is 0 Å². The zero-order valence-electron chi connectivity index (χ0n) is 14.1. The Morgan fingerprint density at radius 2 is 1.46 bits per heavy atom. The summed E-state index contributed by atoms with van der Waals surface area (Å²) >= 11 is 0. The molecule has 0 aliphatic carbocycles. The fourth-order valence-electron chi connectivity index (χ4n) is 3.19. The summed E-state index contributed by atoms with van der Waals surface area (Å²) in [4.78, 5) is 0.383. The highest BCUT2D eigenvalue weighted by Gasteiger charge is 2.19. The van der Waals surface area contributed by atoms with Gasteiger partial charge in [0, 0.05) is 6.54 Å². The van der Waals surface area contributed by atoms with Crippen LogP contribution in [0.1, 0.15) is 22.3 Å². The lowest BCUT2D eigenvalue weighted by Crippen LogP contribution is -2.25. The molecule has 0 spiro atoms. The second kappa shape index (κ2) is 6.38. The topological polar surface area (TPSA) is 46.2 Å². The molecular formula is C20H21NO2S. The van der Waals surface area contributed by atoms with Crippen LogP contribution in [0.15, 0.2) is 59.5 Å². The van der Waals surface area contributed by atoms with Gasteiger partial charge in [0.05, 0.1) is 4.90 Å². The molecule has 3 aromatic carbocycles. The first-order valence-electron chi connectivity index (χ1n) is 7.92. The quantitative estimate of drug-likeness (QED) is 0.772. The molecule has 0 heterocycles. The molecule has 0 aromatic heterocycles. The zero-order valence-corrected chi connectivity index (χ0v) is 14.9. The molecular weight excluding hydrogens is 318 g/mol. The molecule has 0 aliphatic rings. The van der Waals surface area contributed by atoms with E-state index in [1.807, 2.05) is 75.4 Å². The van der Waals surface area contributed by atoms with Gasteiger partial charge in [0.1, 0.15) is 0 Å². The third kappa shape index (κ3) is 3.35. The SMILES string of the molecule is Cc1cc(C)c(S(=O)(=O)NCc2ccc3ccccc3c2)c(C)c1. The summed E-state index contributed by atoms with van der Waals surface area (Å²) in [7, 11) is -3.54. The molecule has 0 fully saturated rings. The minimum absolute atomic E-state index is 0.278. The van der Waals surface area contributed by atoms with Crippen LogP contribution >= 0.6 is 0 Å².